The molecule has 0 saturated heterocycles. The zero-order chi connectivity index (χ0) is 16.5. The fraction of sp³-hybridized carbons (Fsp3) is 0.125. The van der Waals surface area contributed by atoms with Crippen LogP contribution in [0.5, 0.6) is 5.75 Å². The molecule has 0 atom stereocenters. The normalized spacial score (nSPS) is 13.1. The van der Waals surface area contributed by atoms with Crippen LogP contribution in [-0.4, -0.2) is 28.7 Å². The number of hydrogen-bond donors (Lipinski definition) is 2. The van der Waals surface area contributed by atoms with Crippen LogP contribution < -0.4 is 15.4 Å². The van der Waals surface area contributed by atoms with Crippen molar-refractivity contribution in [1.29, 1.82) is 0 Å². The second-order valence-corrected chi connectivity index (χ2v) is 5.32. The molecule has 1 aromatic heterocycles. The number of anilines is 1. The Balaban J connectivity index is 1.47. The highest BCUT2D eigenvalue weighted by Gasteiger charge is 2.16. The Bertz CT molecular complexity index is 950. The van der Waals surface area contributed by atoms with Crippen molar-refractivity contribution >= 4 is 28.5 Å². The molecule has 2 heterocycles. The SMILES string of the molecule is O=C1COc2ccc(CNC(=O)c3ccc4nonc4c3)cc2N1. The van der Waals surface area contributed by atoms with Crippen LogP contribution in [0.15, 0.2) is 41.0 Å². The van der Waals surface area contributed by atoms with Crippen molar-refractivity contribution in [2.45, 2.75) is 6.54 Å². The molecule has 3 aromatic rings. The standard InChI is InChI=1S/C16H12N4O4/c21-15-8-23-14-4-1-9(5-13(14)18-15)7-17-16(22)10-2-3-11-12(6-10)20-24-19-11/h1-6H,7-8H2,(H,17,22)(H,18,21). The number of ether oxygens (including phenoxy) is 1. The monoisotopic (exact) mass is 324 g/mol. The van der Waals surface area contributed by atoms with Crippen LogP contribution >= 0.6 is 0 Å². The van der Waals surface area contributed by atoms with Gasteiger partial charge in [-0.05, 0) is 46.2 Å². The maximum Gasteiger partial charge on any atom is 0.262 e. The summed E-state index contributed by atoms with van der Waals surface area (Å²) in [6.07, 6.45) is 0. The molecular weight excluding hydrogens is 312 g/mol. The summed E-state index contributed by atoms with van der Waals surface area (Å²) in [6.45, 7) is 0.333. The zero-order valence-electron chi connectivity index (χ0n) is 12.4. The summed E-state index contributed by atoms with van der Waals surface area (Å²) in [5.74, 6) is 0.185. The minimum absolute atomic E-state index is 0.0163. The first-order valence-corrected chi connectivity index (χ1v) is 7.25. The van der Waals surface area contributed by atoms with Gasteiger partial charge < -0.3 is 15.4 Å². The lowest BCUT2D eigenvalue weighted by atomic mass is 10.1. The number of hydrogen-bond acceptors (Lipinski definition) is 6. The van der Waals surface area contributed by atoms with E-state index >= 15 is 0 Å². The molecule has 0 unspecified atom stereocenters. The summed E-state index contributed by atoms with van der Waals surface area (Å²) in [5, 5.41) is 13.0. The van der Waals surface area contributed by atoms with Gasteiger partial charge in [0.2, 0.25) is 0 Å². The van der Waals surface area contributed by atoms with Crippen LogP contribution in [0, 0.1) is 0 Å². The smallest absolute Gasteiger partial charge is 0.262 e. The number of benzene rings is 2. The molecule has 24 heavy (non-hydrogen) atoms. The minimum atomic E-state index is -0.238. The number of carbonyl (C=O) groups excluding carboxylic acids is 2. The van der Waals surface area contributed by atoms with E-state index < -0.39 is 0 Å². The van der Waals surface area contributed by atoms with Crippen molar-refractivity contribution < 1.29 is 19.0 Å². The second kappa shape index (κ2) is 5.65. The Kier molecular flexibility index (Phi) is 3.34. The number of nitrogens with zero attached hydrogens (tertiary/aromatic N) is 2. The molecule has 0 aliphatic carbocycles. The van der Waals surface area contributed by atoms with Gasteiger partial charge in [-0.15, -0.1) is 0 Å². The molecule has 0 spiro atoms. The number of rotatable bonds is 3. The van der Waals surface area contributed by atoms with Gasteiger partial charge in [0.1, 0.15) is 16.8 Å². The van der Waals surface area contributed by atoms with Gasteiger partial charge >= 0.3 is 0 Å². The number of fused-ring (bicyclic) bond motifs is 2. The number of carbonyl (C=O) groups is 2. The fourth-order valence-electron chi connectivity index (χ4n) is 2.45. The van der Waals surface area contributed by atoms with Gasteiger partial charge in [-0.25, -0.2) is 4.63 Å². The predicted octanol–water partition coefficient (Wildman–Crippen LogP) is 1.48. The van der Waals surface area contributed by atoms with Gasteiger partial charge in [0.25, 0.3) is 11.8 Å². The van der Waals surface area contributed by atoms with Gasteiger partial charge in [0.15, 0.2) is 6.61 Å². The molecule has 8 nitrogen and oxygen atoms in total. The van der Waals surface area contributed by atoms with E-state index in [1.165, 1.54) is 0 Å². The lowest BCUT2D eigenvalue weighted by Crippen LogP contribution is -2.26. The molecule has 8 heteroatoms. The molecule has 2 aromatic carbocycles. The quantitative estimate of drug-likeness (QED) is 0.756. The molecule has 120 valence electrons. The van der Waals surface area contributed by atoms with Crippen molar-refractivity contribution in [2.75, 3.05) is 11.9 Å². The van der Waals surface area contributed by atoms with Crippen LogP contribution in [0.1, 0.15) is 15.9 Å². The van der Waals surface area contributed by atoms with E-state index in [4.69, 9.17) is 4.74 Å². The Morgan fingerprint density at radius 2 is 2.04 bits per heavy atom. The lowest BCUT2D eigenvalue weighted by molar-refractivity contribution is -0.118. The summed E-state index contributed by atoms with van der Waals surface area (Å²) >= 11 is 0. The van der Waals surface area contributed by atoms with E-state index in [9.17, 15) is 9.59 Å². The second-order valence-electron chi connectivity index (χ2n) is 5.32. The molecule has 0 bridgehead atoms. The average Bonchev–Trinajstić information content (AvgIpc) is 3.06. The molecule has 0 fully saturated rings. The summed E-state index contributed by atoms with van der Waals surface area (Å²) in [4.78, 5) is 23.6. The van der Waals surface area contributed by atoms with Gasteiger partial charge in [-0.2, -0.15) is 0 Å². The van der Waals surface area contributed by atoms with Gasteiger partial charge in [0, 0.05) is 12.1 Å². The zero-order valence-corrected chi connectivity index (χ0v) is 12.4. The van der Waals surface area contributed by atoms with Gasteiger partial charge in [0.05, 0.1) is 5.69 Å². The maximum atomic E-state index is 12.2. The first kappa shape index (κ1) is 14.2. The largest absolute Gasteiger partial charge is 0.482 e. The summed E-state index contributed by atoms with van der Waals surface area (Å²) in [5.41, 5.74) is 3.03. The van der Waals surface area contributed by atoms with Gasteiger partial charge in [-0.3, -0.25) is 9.59 Å². The third kappa shape index (κ3) is 2.65. The fourth-order valence-corrected chi connectivity index (χ4v) is 2.45. The third-order valence-electron chi connectivity index (χ3n) is 3.65. The van der Waals surface area contributed by atoms with Crippen molar-refractivity contribution in [3.63, 3.8) is 0 Å². The van der Waals surface area contributed by atoms with Crippen LogP contribution in [0.2, 0.25) is 0 Å². The molecule has 2 amide bonds. The van der Waals surface area contributed by atoms with E-state index in [-0.39, 0.29) is 18.4 Å². The lowest BCUT2D eigenvalue weighted by Gasteiger charge is -2.18. The first-order valence-electron chi connectivity index (χ1n) is 7.25. The highest BCUT2D eigenvalue weighted by molar-refractivity contribution is 5.97. The highest BCUT2D eigenvalue weighted by atomic mass is 16.6. The van der Waals surface area contributed by atoms with Crippen molar-refractivity contribution in [2.24, 2.45) is 0 Å². The summed E-state index contributed by atoms with van der Waals surface area (Å²) in [6, 6.07) is 10.3. The minimum Gasteiger partial charge on any atom is -0.482 e. The average molecular weight is 324 g/mol. The molecular formula is C16H12N4O4. The molecule has 0 saturated carbocycles. The topological polar surface area (TPSA) is 106 Å². The molecule has 1 aliphatic heterocycles. The summed E-state index contributed by atoms with van der Waals surface area (Å²) < 4.78 is 9.91. The Morgan fingerprint density at radius 1 is 1.17 bits per heavy atom. The maximum absolute atomic E-state index is 12.2. The molecule has 1 aliphatic rings. The molecule has 0 radical (unpaired) electrons. The van der Waals surface area contributed by atoms with E-state index in [0.29, 0.717) is 34.6 Å². The van der Waals surface area contributed by atoms with Crippen molar-refractivity contribution in [3.8, 4) is 5.75 Å². The van der Waals surface area contributed by atoms with E-state index in [1.807, 2.05) is 6.07 Å². The third-order valence-corrected chi connectivity index (χ3v) is 3.65. The van der Waals surface area contributed by atoms with Crippen molar-refractivity contribution in [3.05, 3.63) is 47.5 Å². The number of aromatic nitrogens is 2. The van der Waals surface area contributed by atoms with E-state index in [1.54, 1.807) is 30.3 Å². The molecule has 2 N–H and O–H groups in total. The Labute approximate surface area is 135 Å². The first-order chi connectivity index (χ1) is 11.7. The Hall–Kier alpha value is -3.42. The molecule has 4 rings (SSSR count). The Morgan fingerprint density at radius 3 is 2.96 bits per heavy atom. The van der Waals surface area contributed by atoms with Crippen LogP contribution in [-0.2, 0) is 11.3 Å². The van der Waals surface area contributed by atoms with E-state index in [0.717, 1.165) is 5.56 Å². The highest BCUT2D eigenvalue weighted by Crippen LogP contribution is 2.28. The predicted molar refractivity (Wildman–Crippen MR) is 83.5 cm³/mol. The van der Waals surface area contributed by atoms with Crippen LogP contribution in [0.4, 0.5) is 5.69 Å². The number of amides is 2. The summed E-state index contributed by atoms with van der Waals surface area (Å²) in [7, 11) is 0. The van der Waals surface area contributed by atoms with Crippen LogP contribution in [0.3, 0.4) is 0 Å². The number of nitrogens with one attached hydrogen (secondary N) is 2. The van der Waals surface area contributed by atoms with Gasteiger partial charge in [-0.1, -0.05) is 6.07 Å². The van der Waals surface area contributed by atoms with Crippen LogP contribution in [0.25, 0.3) is 11.0 Å². The van der Waals surface area contributed by atoms with E-state index in [2.05, 4.69) is 25.6 Å². The van der Waals surface area contributed by atoms with Crippen molar-refractivity contribution in [1.82, 2.24) is 15.6 Å².